The van der Waals surface area contributed by atoms with Gasteiger partial charge in [-0.2, -0.15) is 5.10 Å². The van der Waals surface area contributed by atoms with Crippen molar-refractivity contribution in [2.45, 2.75) is 19.8 Å². The second-order valence-corrected chi connectivity index (χ2v) is 5.01. The van der Waals surface area contributed by atoms with E-state index in [0.717, 1.165) is 24.2 Å². The Morgan fingerprint density at radius 1 is 0.850 bits per heavy atom. The second kappa shape index (κ2) is 5.74. The molecule has 2 aromatic carbocycles. The molecular formula is C18H18N2. The standard InChI is InChI=1S/C18H18N2/c1-15-14-18(13-12-16-8-4-2-5-9-16)20(19-15)17-10-6-3-7-11-17/h2-11,14H,12-13H2,1H3. The summed E-state index contributed by atoms with van der Waals surface area (Å²) in [7, 11) is 0. The summed E-state index contributed by atoms with van der Waals surface area (Å²) >= 11 is 0. The van der Waals surface area contributed by atoms with Crippen molar-refractivity contribution in [1.29, 1.82) is 0 Å². The van der Waals surface area contributed by atoms with Crippen molar-refractivity contribution >= 4 is 0 Å². The van der Waals surface area contributed by atoms with Crippen LogP contribution in [0.4, 0.5) is 0 Å². The second-order valence-electron chi connectivity index (χ2n) is 5.01. The molecule has 0 fully saturated rings. The molecule has 0 spiro atoms. The number of benzene rings is 2. The highest BCUT2D eigenvalue weighted by molar-refractivity contribution is 5.33. The van der Waals surface area contributed by atoms with Gasteiger partial charge in [0.25, 0.3) is 0 Å². The summed E-state index contributed by atoms with van der Waals surface area (Å²) in [4.78, 5) is 0. The van der Waals surface area contributed by atoms with Gasteiger partial charge in [0.15, 0.2) is 0 Å². The molecule has 0 bridgehead atoms. The Hall–Kier alpha value is -2.35. The minimum atomic E-state index is 1.000. The summed E-state index contributed by atoms with van der Waals surface area (Å²) in [5.74, 6) is 0. The largest absolute Gasteiger partial charge is 0.238 e. The molecule has 1 heterocycles. The van der Waals surface area contributed by atoms with E-state index >= 15 is 0 Å². The molecule has 3 aromatic rings. The van der Waals surface area contributed by atoms with Gasteiger partial charge in [0.1, 0.15) is 0 Å². The minimum Gasteiger partial charge on any atom is -0.238 e. The van der Waals surface area contributed by atoms with Gasteiger partial charge in [-0.05, 0) is 43.5 Å². The van der Waals surface area contributed by atoms with Crippen molar-refractivity contribution < 1.29 is 0 Å². The van der Waals surface area contributed by atoms with Crippen molar-refractivity contribution in [3.8, 4) is 5.69 Å². The molecule has 0 saturated carbocycles. The van der Waals surface area contributed by atoms with E-state index in [0.29, 0.717) is 0 Å². The monoisotopic (exact) mass is 262 g/mol. The SMILES string of the molecule is Cc1cc(CCc2ccccc2)n(-c2ccccc2)n1. The number of aryl methyl sites for hydroxylation is 3. The van der Waals surface area contributed by atoms with Crippen molar-refractivity contribution in [2.75, 3.05) is 0 Å². The zero-order valence-electron chi connectivity index (χ0n) is 11.7. The van der Waals surface area contributed by atoms with Crippen molar-refractivity contribution in [3.05, 3.63) is 83.7 Å². The highest BCUT2D eigenvalue weighted by Gasteiger charge is 2.07. The average molecular weight is 262 g/mol. The lowest BCUT2D eigenvalue weighted by molar-refractivity contribution is 0.779. The number of hydrogen-bond donors (Lipinski definition) is 0. The predicted octanol–water partition coefficient (Wildman–Crippen LogP) is 3.97. The molecule has 0 atom stereocenters. The third-order valence-electron chi connectivity index (χ3n) is 3.42. The third-order valence-corrected chi connectivity index (χ3v) is 3.42. The Balaban J connectivity index is 1.84. The lowest BCUT2D eigenvalue weighted by Crippen LogP contribution is -2.03. The molecule has 0 aliphatic rings. The van der Waals surface area contributed by atoms with Crippen LogP contribution in [0.1, 0.15) is 17.0 Å². The summed E-state index contributed by atoms with van der Waals surface area (Å²) in [6.07, 6.45) is 2.04. The fourth-order valence-corrected chi connectivity index (χ4v) is 2.44. The molecule has 0 N–H and O–H groups in total. The molecule has 100 valence electrons. The van der Waals surface area contributed by atoms with Gasteiger partial charge in [0.05, 0.1) is 11.4 Å². The highest BCUT2D eigenvalue weighted by Crippen LogP contribution is 2.14. The van der Waals surface area contributed by atoms with E-state index in [1.165, 1.54) is 11.3 Å². The Kier molecular flexibility index (Phi) is 3.64. The van der Waals surface area contributed by atoms with Gasteiger partial charge in [-0.3, -0.25) is 0 Å². The first-order valence-corrected chi connectivity index (χ1v) is 6.98. The lowest BCUT2D eigenvalue weighted by Gasteiger charge is -2.07. The van der Waals surface area contributed by atoms with Crippen LogP contribution < -0.4 is 0 Å². The molecule has 20 heavy (non-hydrogen) atoms. The third kappa shape index (κ3) is 2.80. The summed E-state index contributed by atoms with van der Waals surface area (Å²) in [5, 5.41) is 4.61. The summed E-state index contributed by atoms with van der Waals surface area (Å²) in [6, 6.07) is 23.1. The zero-order valence-corrected chi connectivity index (χ0v) is 11.7. The number of rotatable bonds is 4. The van der Waals surface area contributed by atoms with Gasteiger partial charge in [-0.1, -0.05) is 48.5 Å². The lowest BCUT2D eigenvalue weighted by atomic mass is 10.1. The predicted molar refractivity (Wildman–Crippen MR) is 82.2 cm³/mol. The highest BCUT2D eigenvalue weighted by atomic mass is 15.3. The van der Waals surface area contributed by atoms with Crippen molar-refractivity contribution in [1.82, 2.24) is 9.78 Å². The normalized spacial score (nSPS) is 10.7. The smallest absolute Gasteiger partial charge is 0.0648 e. The fraction of sp³-hybridized carbons (Fsp3) is 0.167. The maximum atomic E-state index is 4.61. The molecule has 0 amide bonds. The van der Waals surface area contributed by atoms with Crippen LogP contribution in [0.25, 0.3) is 5.69 Å². The summed E-state index contributed by atoms with van der Waals surface area (Å²) in [6.45, 7) is 2.05. The number of para-hydroxylation sites is 1. The van der Waals surface area contributed by atoms with Gasteiger partial charge in [0.2, 0.25) is 0 Å². The molecule has 2 heteroatoms. The number of nitrogens with zero attached hydrogens (tertiary/aromatic N) is 2. The van der Waals surface area contributed by atoms with Crippen LogP contribution in [0, 0.1) is 6.92 Å². The topological polar surface area (TPSA) is 17.8 Å². The Morgan fingerprint density at radius 2 is 1.50 bits per heavy atom. The molecule has 3 rings (SSSR count). The maximum Gasteiger partial charge on any atom is 0.0648 e. The Labute approximate surface area is 119 Å². The summed E-state index contributed by atoms with van der Waals surface area (Å²) < 4.78 is 2.05. The number of aromatic nitrogens is 2. The minimum absolute atomic E-state index is 1.000. The van der Waals surface area contributed by atoms with Crippen molar-refractivity contribution in [2.24, 2.45) is 0 Å². The molecule has 0 saturated heterocycles. The maximum absolute atomic E-state index is 4.61. The fourth-order valence-electron chi connectivity index (χ4n) is 2.44. The average Bonchev–Trinajstić information content (AvgIpc) is 2.88. The molecule has 2 nitrogen and oxygen atoms in total. The molecule has 0 aliphatic heterocycles. The first-order valence-electron chi connectivity index (χ1n) is 6.98. The van der Waals surface area contributed by atoms with Crippen LogP contribution in [0.5, 0.6) is 0 Å². The molecule has 0 unspecified atom stereocenters. The van der Waals surface area contributed by atoms with Gasteiger partial charge in [-0.15, -0.1) is 0 Å². The van der Waals surface area contributed by atoms with Gasteiger partial charge in [-0.25, -0.2) is 4.68 Å². The van der Waals surface area contributed by atoms with E-state index < -0.39 is 0 Å². The van der Waals surface area contributed by atoms with E-state index in [-0.39, 0.29) is 0 Å². The quantitative estimate of drug-likeness (QED) is 0.695. The number of hydrogen-bond acceptors (Lipinski definition) is 1. The van der Waals surface area contributed by atoms with E-state index in [4.69, 9.17) is 0 Å². The first-order chi connectivity index (χ1) is 9.83. The van der Waals surface area contributed by atoms with E-state index in [2.05, 4.69) is 58.3 Å². The van der Waals surface area contributed by atoms with E-state index in [9.17, 15) is 0 Å². The van der Waals surface area contributed by atoms with Crippen molar-refractivity contribution in [3.63, 3.8) is 0 Å². The van der Waals surface area contributed by atoms with Crippen LogP contribution in [-0.2, 0) is 12.8 Å². The van der Waals surface area contributed by atoms with Crippen LogP contribution in [0.3, 0.4) is 0 Å². The van der Waals surface area contributed by atoms with Crippen LogP contribution >= 0.6 is 0 Å². The Morgan fingerprint density at radius 3 is 2.20 bits per heavy atom. The zero-order chi connectivity index (χ0) is 13.8. The molecule has 1 aromatic heterocycles. The van der Waals surface area contributed by atoms with Gasteiger partial charge in [0, 0.05) is 5.69 Å². The van der Waals surface area contributed by atoms with Crippen LogP contribution in [0.15, 0.2) is 66.7 Å². The van der Waals surface area contributed by atoms with Gasteiger partial charge >= 0.3 is 0 Å². The van der Waals surface area contributed by atoms with Crippen LogP contribution in [-0.4, -0.2) is 9.78 Å². The Bertz CT molecular complexity index is 669. The molecule has 0 aliphatic carbocycles. The van der Waals surface area contributed by atoms with Gasteiger partial charge < -0.3 is 0 Å². The molecular weight excluding hydrogens is 244 g/mol. The van der Waals surface area contributed by atoms with E-state index in [1.807, 2.05) is 25.1 Å². The van der Waals surface area contributed by atoms with E-state index in [1.54, 1.807) is 0 Å². The van der Waals surface area contributed by atoms with Crippen LogP contribution in [0.2, 0.25) is 0 Å². The first kappa shape index (κ1) is 12.7. The summed E-state index contributed by atoms with van der Waals surface area (Å²) in [5.41, 5.74) is 4.82. The molecule has 0 radical (unpaired) electrons.